The molecule has 1 fully saturated rings. The third-order valence-corrected chi connectivity index (χ3v) is 6.29. The molecule has 34 heavy (non-hydrogen) atoms. The molecule has 3 heterocycles. The summed E-state index contributed by atoms with van der Waals surface area (Å²) in [6.07, 6.45) is 4.68. The largest absolute Gasteiger partial charge is 0.464 e. The number of benzene rings is 1. The van der Waals surface area contributed by atoms with Crippen molar-refractivity contribution in [3.8, 4) is 0 Å². The van der Waals surface area contributed by atoms with E-state index < -0.39 is 12.1 Å². The van der Waals surface area contributed by atoms with Crippen LogP contribution in [0.4, 0.5) is 11.4 Å². The topological polar surface area (TPSA) is 94.5 Å². The highest BCUT2D eigenvalue weighted by molar-refractivity contribution is 6.12. The molecule has 0 aliphatic carbocycles. The molecule has 0 radical (unpaired) electrons. The van der Waals surface area contributed by atoms with Gasteiger partial charge in [0, 0.05) is 24.6 Å². The summed E-state index contributed by atoms with van der Waals surface area (Å²) in [6, 6.07) is 12.1. The van der Waals surface area contributed by atoms with Crippen molar-refractivity contribution >= 4 is 34.3 Å². The Morgan fingerprint density at radius 3 is 2.65 bits per heavy atom. The molecule has 1 amide bonds. The van der Waals surface area contributed by atoms with Gasteiger partial charge < -0.3 is 24.7 Å². The minimum Gasteiger partial charge on any atom is -0.464 e. The van der Waals surface area contributed by atoms with Crippen LogP contribution in [0.5, 0.6) is 0 Å². The summed E-state index contributed by atoms with van der Waals surface area (Å²) in [5, 5.41) is 7.15. The number of carbonyl (C=O) groups excluding carboxylic acids is 2. The summed E-state index contributed by atoms with van der Waals surface area (Å²) < 4.78 is 12.5. The van der Waals surface area contributed by atoms with Crippen LogP contribution in [0.25, 0.3) is 11.0 Å². The summed E-state index contributed by atoms with van der Waals surface area (Å²) in [5.74, 6) is -0.800. The Labute approximate surface area is 199 Å². The number of nitrogens with one attached hydrogen (secondary N) is 2. The zero-order valence-corrected chi connectivity index (χ0v) is 20.0. The first-order valence-corrected chi connectivity index (χ1v) is 11.9. The first kappa shape index (κ1) is 23.8. The molecule has 2 N–H and O–H groups in total. The van der Waals surface area contributed by atoms with E-state index in [9.17, 15) is 9.59 Å². The number of amides is 1. The zero-order chi connectivity index (χ0) is 24.1. The van der Waals surface area contributed by atoms with Crippen molar-refractivity contribution < 1.29 is 19.1 Å². The summed E-state index contributed by atoms with van der Waals surface area (Å²) in [6.45, 7) is 5.23. The number of hydrogen-bond acceptors (Lipinski definition) is 6. The molecule has 4 rings (SSSR count). The minimum atomic E-state index is -0.536. The Morgan fingerprint density at radius 1 is 1.24 bits per heavy atom. The molecule has 1 saturated heterocycles. The summed E-state index contributed by atoms with van der Waals surface area (Å²) >= 11 is 0. The number of rotatable bonds is 9. The van der Waals surface area contributed by atoms with Gasteiger partial charge in [-0.15, -0.1) is 0 Å². The number of esters is 1. The standard InChI is InChI=1S/C26H32N4O4/c1-4-18(5-2)28-19-14-20-22(29-25(31)21-12-9-13-34-21)23(26(32)33-3)30(24(20)27-15-19)16-17-10-7-6-8-11-17/h6-8,10-11,14-15,18,21,28H,4-5,9,12-13,16H2,1-3H3,(H,29,31)/t21-/m1/s1. The fourth-order valence-electron chi connectivity index (χ4n) is 4.38. The Hall–Kier alpha value is -3.39. The van der Waals surface area contributed by atoms with E-state index in [1.54, 1.807) is 6.20 Å². The predicted octanol–water partition coefficient (Wildman–Crippen LogP) is 4.59. The zero-order valence-electron chi connectivity index (χ0n) is 20.0. The number of hydrogen-bond donors (Lipinski definition) is 2. The fraction of sp³-hybridized carbons (Fsp3) is 0.423. The maximum absolute atomic E-state index is 13.0. The van der Waals surface area contributed by atoms with Gasteiger partial charge in [0.2, 0.25) is 0 Å². The number of fused-ring (bicyclic) bond motifs is 1. The molecular formula is C26H32N4O4. The van der Waals surface area contributed by atoms with Crippen LogP contribution in [0.3, 0.4) is 0 Å². The van der Waals surface area contributed by atoms with E-state index in [2.05, 4.69) is 24.5 Å². The monoisotopic (exact) mass is 464 g/mol. The van der Waals surface area contributed by atoms with Crippen molar-refractivity contribution in [2.45, 2.75) is 58.2 Å². The smallest absolute Gasteiger partial charge is 0.356 e. The van der Waals surface area contributed by atoms with Crippen molar-refractivity contribution in [1.29, 1.82) is 0 Å². The predicted molar refractivity (Wildman–Crippen MR) is 132 cm³/mol. The SMILES string of the molecule is CCC(CC)Nc1cnc2c(c1)c(NC(=O)[C@H]1CCCO1)c(C(=O)OC)n2Cc1ccccc1. The maximum Gasteiger partial charge on any atom is 0.356 e. The number of carbonyl (C=O) groups is 2. The average molecular weight is 465 g/mol. The number of anilines is 2. The van der Waals surface area contributed by atoms with Crippen molar-refractivity contribution in [3.63, 3.8) is 0 Å². The second-order valence-electron chi connectivity index (χ2n) is 8.53. The number of nitrogens with zero attached hydrogens (tertiary/aromatic N) is 2. The maximum atomic E-state index is 13.0. The van der Waals surface area contributed by atoms with Gasteiger partial charge in [0.1, 0.15) is 11.8 Å². The van der Waals surface area contributed by atoms with Crippen LogP contribution >= 0.6 is 0 Å². The number of ether oxygens (including phenoxy) is 2. The lowest BCUT2D eigenvalue weighted by Gasteiger charge is -2.16. The summed E-state index contributed by atoms with van der Waals surface area (Å²) in [4.78, 5) is 30.7. The van der Waals surface area contributed by atoms with E-state index in [-0.39, 0.29) is 11.6 Å². The molecule has 3 aromatic rings. The van der Waals surface area contributed by atoms with Crippen LogP contribution in [0, 0.1) is 0 Å². The molecule has 2 aromatic heterocycles. The van der Waals surface area contributed by atoms with Gasteiger partial charge in [0.25, 0.3) is 5.91 Å². The molecule has 1 aliphatic heterocycles. The first-order chi connectivity index (χ1) is 16.5. The molecule has 8 heteroatoms. The van der Waals surface area contributed by atoms with Crippen LogP contribution in [0.1, 0.15) is 55.6 Å². The van der Waals surface area contributed by atoms with Gasteiger partial charge in [-0.3, -0.25) is 4.79 Å². The van der Waals surface area contributed by atoms with E-state index in [0.29, 0.717) is 42.3 Å². The van der Waals surface area contributed by atoms with E-state index >= 15 is 0 Å². The van der Waals surface area contributed by atoms with Gasteiger partial charge in [0.05, 0.1) is 24.7 Å². The molecule has 8 nitrogen and oxygen atoms in total. The minimum absolute atomic E-state index is 0.264. The third kappa shape index (κ3) is 4.92. The molecule has 1 atom stereocenters. The van der Waals surface area contributed by atoms with Crippen molar-refractivity contribution in [2.75, 3.05) is 24.4 Å². The summed E-state index contributed by atoms with van der Waals surface area (Å²) in [7, 11) is 1.34. The van der Waals surface area contributed by atoms with Crippen molar-refractivity contribution in [2.24, 2.45) is 0 Å². The van der Waals surface area contributed by atoms with Gasteiger partial charge in [-0.2, -0.15) is 0 Å². The molecule has 0 unspecified atom stereocenters. The highest BCUT2D eigenvalue weighted by atomic mass is 16.5. The fourth-order valence-corrected chi connectivity index (χ4v) is 4.38. The van der Waals surface area contributed by atoms with Crippen LogP contribution in [-0.2, 0) is 20.8 Å². The van der Waals surface area contributed by atoms with Crippen molar-refractivity contribution in [1.82, 2.24) is 9.55 Å². The van der Waals surface area contributed by atoms with Gasteiger partial charge in [-0.25, -0.2) is 9.78 Å². The van der Waals surface area contributed by atoms with E-state index in [1.165, 1.54) is 7.11 Å². The van der Waals surface area contributed by atoms with Crippen LogP contribution < -0.4 is 10.6 Å². The highest BCUT2D eigenvalue weighted by Gasteiger charge is 2.30. The first-order valence-electron chi connectivity index (χ1n) is 11.9. The van der Waals surface area contributed by atoms with Crippen molar-refractivity contribution in [3.05, 3.63) is 53.9 Å². The van der Waals surface area contributed by atoms with E-state index in [1.807, 2.05) is 41.0 Å². The number of methoxy groups -OCH3 is 1. The normalized spacial score (nSPS) is 15.6. The summed E-state index contributed by atoms with van der Waals surface area (Å²) in [5.41, 5.74) is 3.10. The lowest BCUT2D eigenvalue weighted by Crippen LogP contribution is -2.28. The Kier molecular flexibility index (Phi) is 7.47. The van der Waals surface area contributed by atoms with Gasteiger partial charge in [-0.05, 0) is 37.3 Å². The second-order valence-corrected chi connectivity index (χ2v) is 8.53. The molecule has 180 valence electrons. The van der Waals surface area contributed by atoms with Crippen LogP contribution in [0.15, 0.2) is 42.6 Å². The number of pyridine rings is 1. The van der Waals surface area contributed by atoms with Crippen LogP contribution in [-0.4, -0.2) is 47.3 Å². The van der Waals surface area contributed by atoms with E-state index in [4.69, 9.17) is 14.5 Å². The molecule has 0 spiro atoms. The lowest BCUT2D eigenvalue weighted by atomic mass is 10.1. The molecule has 0 bridgehead atoms. The highest BCUT2D eigenvalue weighted by Crippen LogP contribution is 2.34. The average Bonchev–Trinajstić information content (AvgIpc) is 3.50. The van der Waals surface area contributed by atoms with Gasteiger partial charge in [-0.1, -0.05) is 44.2 Å². The molecular weight excluding hydrogens is 432 g/mol. The Balaban J connectivity index is 1.85. The molecule has 1 aromatic carbocycles. The second kappa shape index (κ2) is 10.7. The molecule has 0 saturated carbocycles. The third-order valence-electron chi connectivity index (χ3n) is 6.29. The molecule has 1 aliphatic rings. The van der Waals surface area contributed by atoms with Gasteiger partial charge >= 0.3 is 5.97 Å². The van der Waals surface area contributed by atoms with E-state index in [0.717, 1.165) is 30.5 Å². The Morgan fingerprint density at radius 2 is 2.00 bits per heavy atom. The van der Waals surface area contributed by atoms with Gasteiger partial charge in [0.15, 0.2) is 5.69 Å². The quantitative estimate of drug-likeness (QED) is 0.450. The number of aromatic nitrogens is 2. The Bertz CT molecular complexity index is 1150. The lowest BCUT2D eigenvalue weighted by molar-refractivity contribution is -0.124. The van der Waals surface area contributed by atoms with Crippen LogP contribution in [0.2, 0.25) is 0 Å².